The molecule has 0 atom stereocenters. The van der Waals surface area contributed by atoms with Crippen LogP contribution in [0.25, 0.3) is 0 Å². The first-order chi connectivity index (χ1) is 8.60. The quantitative estimate of drug-likeness (QED) is 0.499. The summed E-state index contributed by atoms with van der Waals surface area (Å²) in [6, 6.07) is 1.66. The molecule has 100 valence electrons. The molecule has 0 aliphatic heterocycles. The van der Waals surface area contributed by atoms with E-state index in [9.17, 15) is 4.79 Å². The lowest BCUT2D eigenvalue weighted by molar-refractivity contribution is -0.128. The Balaban J connectivity index is 2.63. The molecule has 18 heavy (non-hydrogen) atoms. The van der Waals surface area contributed by atoms with Crippen molar-refractivity contribution in [3.05, 3.63) is 11.9 Å². The van der Waals surface area contributed by atoms with Crippen LogP contribution < -0.4 is 16.6 Å². The normalized spacial score (nSPS) is 10.0. The lowest BCUT2D eigenvalue weighted by atomic mass is 10.4. The zero-order chi connectivity index (χ0) is 13.5. The molecule has 0 spiro atoms. The van der Waals surface area contributed by atoms with Crippen LogP contribution in [0, 0.1) is 6.92 Å². The van der Waals surface area contributed by atoms with Gasteiger partial charge in [0.15, 0.2) is 0 Å². The van der Waals surface area contributed by atoms with E-state index in [1.54, 1.807) is 17.9 Å². The number of likely N-dealkylation sites (N-methyl/N-ethyl adjacent to an activating group) is 1. The Hall–Kier alpha value is -1.89. The number of nitrogen functional groups attached to an aromatic ring is 1. The Morgan fingerprint density at radius 3 is 2.50 bits per heavy atom. The van der Waals surface area contributed by atoms with Crippen LogP contribution in [0.15, 0.2) is 6.07 Å². The summed E-state index contributed by atoms with van der Waals surface area (Å²) in [6.07, 6.45) is 0. The maximum atomic E-state index is 11.8. The summed E-state index contributed by atoms with van der Waals surface area (Å²) in [5, 5.41) is 2.97. The third-order valence-electron chi connectivity index (χ3n) is 2.52. The summed E-state index contributed by atoms with van der Waals surface area (Å²) in [4.78, 5) is 21.8. The Morgan fingerprint density at radius 2 is 1.94 bits per heavy atom. The van der Waals surface area contributed by atoms with Crippen molar-refractivity contribution < 1.29 is 4.79 Å². The second kappa shape index (κ2) is 6.75. The highest BCUT2D eigenvalue weighted by Gasteiger charge is 2.09. The third-order valence-corrected chi connectivity index (χ3v) is 2.52. The van der Waals surface area contributed by atoms with Crippen LogP contribution in [0.2, 0.25) is 0 Å². The SMILES string of the molecule is CCN(CC)C(=O)CNc1cc(NN)nc(C)n1. The average Bonchev–Trinajstić information content (AvgIpc) is 2.37. The Morgan fingerprint density at radius 1 is 1.33 bits per heavy atom. The average molecular weight is 252 g/mol. The van der Waals surface area contributed by atoms with Gasteiger partial charge in [-0.25, -0.2) is 15.8 Å². The van der Waals surface area contributed by atoms with Gasteiger partial charge in [0, 0.05) is 19.2 Å². The van der Waals surface area contributed by atoms with E-state index < -0.39 is 0 Å². The van der Waals surface area contributed by atoms with Crippen molar-refractivity contribution in [1.82, 2.24) is 14.9 Å². The van der Waals surface area contributed by atoms with Crippen molar-refractivity contribution in [2.45, 2.75) is 20.8 Å². The molecule has 0 aliphatic rings. The van der Waals surface area contributed by atoms with Gasteiger partial charge in [-0.1, -0.05) is 0 Å². The molecule has 1 rings (SSSR count). The zero-order valence-electron chi connectivity index (χ0n) is 11.0. The molecule has 0 aliphatic carbocycles. The van der Waals surface area contributed by atoms with Crippen molar-refractivity contribution in [3.8, 4) is 0 Å². The summed E-state index contributed by atoms with van der Waals surface area (Å²) in [5.41, 5.74) is 2.45. The summed E-state index contributed by atoms with van der Waals surface area (Å²) in [6.45, 7) is 7.28. The highest BCUT2D eigenvalue weighted by Crippen LogP contribution is 2.09. The van der Waals surface area contributed by atoms with Gasteiger partial charge in [-0.2, -0.15) is 0 Å². The zero-order valence-corrected chi connectivity index (χ0v) is 11.0. The number of nitrogens with two attached hydrogens (primary N) is 1. The minimum absolute atomic E-state index is 0.0403. The predicted octanol–water partition coefficient (Wildman–Crippen LogP) is 0.351. The van der Waals surface area contributed by atoms with Gasteiger partial charge in [-0.15, -0.1) is 0 Å². The number of rotatable bonds is 6. The van der Waals surface area contributed by atoms with Crippen LogP contribution >= 0.6 is 0 Å². The summed E-state index contributed by atoms with van der Waals surface area (Å²) < 4.78 is 0. The molecule has 1 amide bonds. The van der Waals surface area contributed by atoms with Gasteiger partial charge in [-0.3, -0.25) is 4.79 Å². The van der Waals surface area contributed by atoms with E-state index in [1.807, 2.05) is 13.8 Å². The lowest BCUT2D eigenvalue weighted by Gasteiger charge is -2.19. The fourth-order valence-corrected chi connectivity index (χ4v) is 1.59. The molecule has 7 heteroatoms. The van der Waals surface area contributed by atoms with Crippen molar-refractivity contribution in [1.29, 1.82) is 0 Å². The Bertz CT molecular complexity index is 405. The van der Waals surface area contributed by atoms with Crippen molar-refractivity contribution in [2.75, 3.05) is 30.4 Å². The number of nitrogens with zero attached hydrogens (tertiary/aromatic N) is 3. The molecule has 0 unspecified atom stereocenters. The summed E-state index contributed by atoms with van der Waals surface area (Å²) in [5.74, 6) is 7.01. The molecule has 4 N–H and O–H groups in total. The van der Waals surface area contributed by atoms with Crippen LogP contribution in [0.1, 0.15) is 19.7 Å². The smallest absolute Gasteiger partial charge is 0.241 e. The fourth-order valence-electron chi connectivity index (χ4n) is 1.59. The summed E-state index contributed by atoms with van der Waals surface area (Å²) in [7, 11) is 0. The van der Waals surface area contributed by atoms with E-state index in [1.165, 1.54) is 0 Å². The van der Waals surface area contributed by atoms with Crippen molar-refractivity contribution >= 4 is 17.5 Å². The standard InChI is InChI=1S/C11H20N6O/c1-4-17(5-2)11(18)7-13-9-6-10(16-12)15-8(3)14-9/h6H,4-5,7,12H2,1-3H3,(H2,13,14,15,16). The molecule has 0 bridgehead atoms. The Labute approximate surface area is 107 Å². The minimum atomic E-state index is 0.0403. The first-order valence-corrected chi connectivity index (χ1v) is 5.94. The molecule has 0 saturated heterocycles. The first-order valence-electron chi connectivity index (χ1n) is 5.94. The first kappa shape index (κ1) is 14.2. The number of anilines is 2. The molecule has 1 aromatic rings. The number of hydrogen-bond donors (Lipinski definition) is 3. The number of hydrazine groups is 1. The lowest BCUT2D eigenvalue weighted by Crippen LogP contribution is -2.35. The highest BCUT2D eigenvalue weighted by molar-refractivity contribution is 5.80. The van der Waals surface area contributed by atoms with Gasteiger partial charge < -0.3 is 15.6 Å². The summed E-state index contributed by atoms with van der Waals surface area (Å²) >= 11 is 0. The van der Waals surface area contributed by atoms with Crippen LogP contribution in [-0.2, 0) is 4.79 Å². The number of nitrogens with one attached hydrogen (secondary N) is 2. The van der Waals surface area contributed by atoms with Crippen molar-refractivity contribution in [2.24, 2.45) is 5.84 Å². The number of aryl methyl sites for hydroxylation is 1. The molecule has 0 radical (unpaired) electrons. The largest absolute Gasteiger partial charge is 0.361 e. The second-order valence-electron chi connectivity index (χ2n) is 3.75. The van der Waals surface area contributed by atoms with Crippen LogP contribution in [0.4, 0.5) is 11.6 Å². The molecule has 0 fully saturated rings. The predicted molar refractivity (Wildman–Crippen MR) is 71.0 cm³/mol. The molecular weight excluding hydrogens is 232 g/mol. The van der Waals surface area contributed by atoms with Gasteiger partial charge >= 0.3 is 0 Å². The number of aromatic nitrogens is 2. The van der Waals surface area contributed by atoms with E-state index in [-0.39, 0.29) is 12.5 Å². The Kier molecular flexibility index (Phi) is 5.31. The molecule has 1 aromatic heterocycles. The van der Waals surface area contributed by atoms with Gasteiger partial charge in [0.1, 0.15) is 17.5 Å². The molecule has 7 nitrogen and oxygen atoms in total. The maximum Gasteiger partial charge on any atom is 0.241 e. The van der Waals surface area contributed by atoms with Gasteiger partial charge in [0.2, 0.25) is 5.91 Å². The van der Waals surface area contributed by atoms with E-state index in [2.05, 4.69) is 20.7 Å². The highest BCUT2D eigenvalue weighted by atomic mass is 16.2. The monoisotopic (exact) mass is 252 g/mol. The number of carbonyl (C=O) groups excluding carboxylic acids is 1. The number of amides is 1. The number of carbonyl (C=O) groups is 1. The molecule has 0 aromatic carbocycles. The fraction of sp³-hybridized carbons (Fsp3) is 0.545. The molecular formula is C11H20N6O. The molecule has 1 heterocycles. The van der Waals surface area contributed by atoms with E-state index in [0.717, 1.165) is 0 Å². The van der Waals surface area contributed by atoms with Gasteiger partial charge in [0.25, 0.3) is 0 Å². The third kappa shape index (κ3) is 3.85. The minimum Gasteiger partial charge on any atom is -0.361 e. The second-order valence-corrected chi connectivity index (χ2v) is 3.75. The van der Waals surface area contributed by atoms with E-state index >= 15 is 0 Å². The molecule has 0 saturated carbocycles. The van der Waals surface area contributed by atoms with Crippen LogP contribution in [-0.4, -0.2) is 40.4 Å². The van der Waals surface area contributed by atoms with E-state index in [4.69, 9.17) is 5.84 Å². The van der Waals surface area contributed by atoms with Crippen molar-refractivity contribution in [3.63, 3.8) is 0 Å². The van der Waals surface area contributed by atoms with Crippen LogP contribution in [0.5, 0.6) is 0 Å². The van der Waals surface area contributed by atoms with Gasteiger partial charge in [0.05, 0.1) is 6.54 Å². The topological polar surface area (TPSA) is 96.2 Å². The van der Waals surface area contributed by atoms with Gasteiger partial charge in [-0.05, 0) is 20.8 Å². The number of hydrogen-bond acceptors (Lipinski definition) is 6. The maximum absolute atomic E-state index is 11.8. The van der Waals surface area contributed by atoms with E-state index in [0.29, 0.717) is 30.5 Å². The van der Waals surface area contributed by atoms with Crippen LogP contribution in [0.3, 0.4) is 0 Å².